The van der Waals surface area contributed by atoms with E-state index < -0.39 is 10.0 Å². The van der Waals surface area contributed by atoms with Crippen LogP contribution in [0.1, 0.15) is 33.4 Å². The molecule has 1 heterocycles. The van der Waals surface area contributed by atoms with Gasteiger partial charge in [-0.15, -0.1) is 0 Å². The van der Waals surface area contributed by atoms with Gasteiger partial charge in [-0.3, -0.25) is 0 Å². The summed E-state index contributed by atoms with van der Waals surface area (Å²) in [6.07, 6.45) is 0.654. The molecule has 0 amide bonds. The molecule has 0 radical (unpaired) electrons. The lowest BCUT2D eigenvalue weighted by atomic mass is 9.93. The smallest absolute Gasteiger partial charge is 0.207 e. The van der Waals surface area contributed by atoms with Crippen LogP contribution in [0.25, 0.3) is 11.1 Å². The van der Waals surface area contributed by atoms with Gasteiger partial charge in [0, 0.05) is 13.1 Å². The van der Waals surface area contributed by atoms with E-state index in [1.165, 1.54) is 0 Å². The van der Waals surface area contributed by atoms with Crippen molar-refractivity contribution in [2.75, 3.05) is 6.54 Å². The van der Waals surface area contributed by atoms with E-state index in [2.05, 4.69) is 12.1 Å². The minimum Gasteiger partial charge on any atom is -0.207 e. The normalized spacial score (nSPS) is 14.2. The van der Waals surface area contributed by atoms with Gasteiger partial charge in [0.1, 0.15) is 0 Å². The third kappa shape index (κ3) is 3.54. The van der Waals surface area contributed by atoms with E-state index in [4.69, 9.17) is 0 Å². The van der Waals surface area contributed by atoms with Crippen LogP contribution >= 0.6 is 0 Å². The molecule has 5 heteroatoms. The molecule has 0 bridgehead atoms. The van der Waals surface area contributed by atoms with E-state index in [1.54, 1.807) is 4.31 Å². The van der Waals surface area contributed by atoms with Crippen LogP contribution in [0.5, 0.6) is 0 Å². The van der Waals surface area contributed by atoms with Crippen molar-refractivity contribution in [3.8, 4) is 17.2 Å². The Kier molecular flexibility index (Phi) is 5.23. The first-order chi connectivity index (χ1) is 14.3. The average molecular weight is 417 g/mol. The zero-order valence-electron chi connectivity index (χ0n) is 17.4. The zero-order valence-corrected chi connectivity index (χ0v) is 18.3. The first kappa shape index (κ1) is 20.3. The number of nitrogens with zero attached hydrogens (tertiary/aromatic N) is 2. The van der Waals surface area contributed by atoms with Crippen LogP contribution in [0, 0.1) is 32.1 Å². The number of hydrogen-bond donors (Lipinski definition) is 0. The van der Waals surface area contributed by atoms with Crippen LogP contribution in [0.15, 0.2) is 59.5 Å². The fraction of sp³-hybridized carbons (Fsp3) is 0.240. The number of sulfonamides is 1. The maximum absolute atomic E-state index is 13.4. The van der Waals surface area contributed by atoms with Gasteiger partial charge in [0.25, 0.3) is 0 Å². The second-order valence-corrected chi connectivity index (χ2v) is 9.83. The standard InChI is InChI=1S/C25H24N2O2S/c1-17-12-18(2)25(19(3)13-17)30(28,29)27-11-10-20-14-21(8-9-23(20)16-27)24-7-5-4-6-22(24)15-26/h4-9,12-14H,10-11,16H2,1-3H3. The quantitative estimate of drug-likeness (QED) is 0.610. The summed E-state index contributed by atoms with van der Waals surface area (Å²) in [6.45, 7) is 6.53. The molecule has 0 fully saturated rings. The molecule has 0 saturated carbocycles. The molecular weight excluding hydrogens is 392 g/mol. The lowest BCUT2D eigenvalue weighted by molar-refractivity contribution is 0.391. The third-order valence-electron chi connectivity index (χ3n) is 5.74. The largest absolute Gasteiger partial charge is 0.243 e. The molecule has 0 aliphatic carbocycles. The summed E-state index contributed by atoms with van der Waals surface area (Å²) in [6, 6.07) is 19.7. The molecule has 30 heavy (non-hydrogen) atoms. The number of nitriles is 1. The van der Waals surface area contributed by atoms with Gasteiger partial charge in [-0.25, -0.2) is 8.42 Å². The molecule has 4 rings (SSSR count). The number of hydrogen-bond acceptors (Lipinski definition) is 3. The van der Waals surface area contributed by atoms with Gasteiger partial charge >= 0.3 is 0 Å². The fourth-order valence-electron chi connectivity index (χ4n) is 4.43. The van der Waals surface area contributed by atoms with Crippen molar-refractivity contribution in [1.29, 1.82) is 5.26 Å². The lowest BCUT2D eigenvalue weighted by Gasteiger charge is -2.29. The molecule has 3 aromatic carbocycles. The molecule has 0 atom stereocenters. The minimum atomic E-state index is -3.57. The first-order valence-electron chi connectivity index (χ1n) is 10.0. The zero-order chi connectivity index (χ0) is 21.5. The van der Waals surface area contributed by atoms with E-state index in [0.29, 0.717) is 30.0 Å². The van der Waals surface area contributed by atoms with Crippen LogP contribution in [0.4, 0.5) is 0 Å². The monoisotopic (exact) mass is 416 g/mol. The average Bonchev–Trinajstić information content (AvgIpc) is 2.72. The lowest BCUT2D eigenvalue weighted by Crippen LogP contribution is -2.36. The Labute approximate surface area is 178 Å². The SMILES string of the molecule is Cc1cc(C)c(S(=O)(=O)N2CCc3cc(-c4ccccc4C#N)ccc3C2)c(C)c1. The molecule has 0 N–H and O–H groups in total. The summed E-state index contributed by atoms with van der Waals surface area (Å²) < 4.78 is 28.4. The Hall–Kier alpha value is -2.94. The number of fused-ring (bicyclic) bond motifs is 1. The highest BCUT2D eigenvalue weighted by molar-refractivity contribution is 7.89. The van der Waals surface area contributed by atoms with Crippen molar-refractivity contribution >= 4 is 10.0 Å². The highest BCUT2D eigenvalue weighted by atomic mass is 32.2. The second kappa shape index (κ2) is 7.71. The van der Waals surface area contributed by atoms with Gasteiger partial charge in [-0.2, -0.15) is 9.57 Å². The Morgan fingerprint density at radius 1 is 0.933 bits per heavy atom. The molecular formula is C25H24N2O2S. The maximum atomic E-state index is 13.4. The van der Waals surface area contributed by atoms with Crippen molar-refractivity contribution in [3.05, 3.63) is 88.0 Å². The van der Waals surface area contributed by atoms with E-state index in [0.717, 1.165) is 38.9 Å². The number of rotatable bonds is 3. The molecule has 4 nitrogen and oxygen atoms in total. The topological polar surface area (TPSA) is 61.2 Å². The summed E-state index contributed by atoms with van der Waals surface area (Å²) in [7, 11) is -3.57. The van der Waals surface area contributed by atoms with Gasteiger partial charge in [0.15, 0.2) is 0 Å². The van der Waals surface area contributed by atoms with E-state index in [9.17, 15) is 13.7 Å². The summed E-state index contributed by atoms with van der Waals surface area (Å²) in [5.74, 6) is 0. The molecule has 152 valence electrons. The summed E-state index contributed by atoms with van der Waals surface area (Å²) >= 11 is 0. The van der Waals surface area contributed by atoms with Gasteiger partial charge in [0.05, 0.1) is 16.5 Å². The van der Waals surface area contributed by atoms with E-state index in [-0.39, 0.29) is 0 Å². The summed E-state index contributed by atoms with van der Waals surface area (Å²) in [5.41, 5.74) is 7.36. The van der Waals surface area contributed by atoms with Crippen LogP contribution in [0.2, 0.25) is 0 Å². The molecule has 0 aromatic heterocycles. The highest BCUT2D eigenvalue weighted by Gasteiger charge is 2.31. The van der Waals surface area contributed by atoms with E-state index >= 15 is 0 Å². The van der Waals surface area contributed by atoms with Crippen LogP contribution in [-0.2, 0) is 23.0 Å². The summed E-state index contributed by atoms with van der Waals surface area (Å²) in [5, 5.41) is 9.39. The van der Waals surface area contributed by atoms with Crippen molar-refractivity contribution in [1.82, 2.24) is 4.31 Å². The summed E-state index contributed by atoms with van der Waals surface area (Å²) in [4.78, 5) is 0.427. The maximum Gasteiger partial charge on any atom is 0.243 e. The van der Waals surface area contributed by atoms with Crippen LogP contribution < -0.4 is 0 Å². The predicted octanol–water partition coefficient (Wildman–Crippen LogP) is 4.90. The molecule has 1 aliphatic heterocycles. The molecule has 3 aromatic rings. The van der Waals surface area contributed by atoms with Crippen molar-refractivity contribution < 1.29 is 8.42 Å². The van der Waals surface area contributed by atoms with Crippen molar-refractivity contribution in [2.45, 2.75) is 38.6 Å². The highest BCUT2D eigenvalue weighted by Crippen LogP contribution is 2.32. The molecule has 0 spiro atoms. The Balaban J connectivity index is 1.67. The number of aryl methyl sites for hydroxylation is 3. The Bertz CT molecular complexity index is 1260. The molecule has 0 unspecified atom stereocenters. The third-order valence-corrected chi connectivity index (χ3v) is 7.90. The van der Waals surface area contributed by atoms with Crippen molar-refractivity contribution in [2.24, 2.45) is 0 Å². The van der Waals surface area contributed by atoms with Gasteiger partial charge in [0.2, 0.25) is 10.0 Å². The first-order valence-corrected chi connectivity index (χ1v) is 11.4. The Morgan fingerprint density at radius 2 is 1.63 bits per heavy atom. The molecule has 0 saturated heterocycles. The Morgan fingerprint density at radius 3 is 2.33 bits per heavy atom. The molecule has 1 aliphatic rings. The van der Waals surface area contributed by atoms with Crippen LogP contribution in [-0.4, -0.2) is 19.3 Å². The predicted molar refractivity (Wildman–Crippen MR) is 119 cm³/mol. The number of benzene rings is 3. The van der Waals surface area contributed by atoms with E-state index in [1.807, 2.05) is 69.3 Å². The van der Waals surface area contributed by atoms with Crippen LogP contribution in [0.3, 0.4) is 0 Å². The fourth-order valence-corrected chi connectivity index (χ4v) is 6.27. The van der Waals surface area contributed by atoms with Crippen molar-refractivity contribution in [3.63, 3.8) is 0 Å². The van der Waals surface area contributed by atoms with Gasteiger partial charge in [-0.1, -0.05) is 54.1 Å². The minimum absolute atomic E-state index is 0.366. The second-order valence-electron chi connectivity index (χ2n) is 7.96. The van der Waals surface area contributed by atoms with Gasteiger partial charge < -0.3 is 0 Å². The van der Waals surface area contributed by atoms with Gasteiger partial charge in [-0.05, 0) is 66.6 Å².